The Morgan fingerprint density at radius 3 is 2.71 bits per heavy atom. The van der Waals surface area contributed by atoms with Gasteiger partial charge < -0.3 is 10.1 Å². The molecule has 1 saturated heterocycles. The van der Waals surface area contributed by atoms with Gasteiger partial charge in [-0.3, -0.25) is 9.48 Å². The van der Waals surface area contributed by atoms with Gasteiger partial charge in [0.05, 0.1) is 25.0 Å². The number of aromatic nitrogens is 2. The summed E-state index contributed by atoms with van der Waals surface area (Å²) in [6.45, 7) is 0.366. The third kappa shape index (κ3) is 4.08. The van der Waals surface area contributed by atoms with Crippen LogP contribution in [0.5, 0.6) is 0 Å². The molecule has 136 valence electrons. The molecule has 1 aliphatic heterocycles. The molecule has 11 heteroatoms. The van der Waals surface area contributed by atoms with Gasteiger partial charge >= 0.3 is 0 Å². The Kier molecular flexibility index (Phi) is 5.56. The molecule has 0 aliphatic carbocycles. The van der Waals surface area contributed by atoms with Crippen LogP contribution in [0.2, 0.25) is 0 Å². The molecule has 1 aromatic rings. The van der Waals surface area contributed by atoms with E-state index >= 15 is 0 Å². The Morgan fingerprint density at radius 2 is 2.17 bits per heavy atom. The lowest BCUT2D eigenvalue weighted by molar-refractivity contribution is 0.0916. The SMILES string of the molecule is CN(C)S(=O)(=O)C[C@@H]1COC[C@@H]1NC(=O)c1cc(C(F)F)nn1C. The van der Waals surface area contributed by atoms with Gasteiger partial charge in [0.2, 0.25) is 10.0 Å². The fourth-order valence-corrected chi connectivity index (χ4v) is 3.56. The van der Waals surface area contributed by atoms with E-state index in [1.54, 1.807) is 0 Å². The molecule has 2 atom stereocenters. The number of carbonyl (C=O) groups excluding carboxylic acids is 1. The van der Waals surface area contributed by atoms with E-state index in [4.69, 9.17) is 4.74 Å². The molecule has 0 unspecified atom stereocenters. The molecule has 0 saturated carbocycles. The van der Waals surface area contributed by atoms with Crippen molar-refractivity contribution in [2.45, 2.75) is 12.5 Å². The monoisotopic (exact) mass is 366 g/mol. The van der Waals surface area contributed by atoms with Crippen LogP contribution in [0.4, 0.5) is 8.78 Å². The molecule has 1 amide bonds. The van der Waals surface area contributed by atoms with Crippen molar-refractivity contribution >= 4 is 15.9 Å². The van der Waals surface area contributed by atoms with E-state index in [9.17, 15) is 22.0 Å². The van der Waals surface area contributed by atoms with Crippen LogP contribution in [-0.4, -0.2) is 67.5 Å². The Hall–Kier alpha value is -1.59. The number of rotatable bonds is 6. The maximum atomic E-state index is 12.7. The molecule has 1 N–H and O–H groups in total. The van der Waals surface area contributed by atoms with Gasteiger partial charge in [0.25, 0.3) is 12.3 Å². The topological polar surface area (TPSA) is 93.5 Å². The summed E-state index contributed by atoms with van der Waals surface area (Å²) in [6.07, 6.45) is -2.77. The highest BCUT2D eigenvalue weighted by molar-refractivity contribution is 7.89. The predicted molar refractivity (Wildman–Crippen MR) is 81.2 cm³/mol. The lowest BCUT2D eigenvalue weighted by Gasteiger charge is -2.21. The zero-order valence-electron chi connectivity index (χ0n) is 13.6. The summed E-state index contributed by atoms with van der Waals surface area (Å²) < 4.78 is 56.7. The van der Waals surface area contributed by atoms with Gasteiger partial charge in [-0.25, -0.2) is 21.5 Å². The van der Waals surface area contributed by atoms with Crippen molar-refractivity contribution in [3.05, 3.63) is 17.5 Å². The number of amides is 1. The highest BCUT2D eigenvalue weighted by Gasteiger charge is 2.34. The van der Waals surface area contributed by atoms with Crippen LogP contribution in [0, 0.1) is 5.92 Å². The third-order valence-corrected chi connectivity index (χ3v) is 5.81. The largest absolute Gasteiger partial charge is 0.379 e. The van der Waals surface area contributed by atoms with E-state index in [0.717, 1.165) is 15.1 Å². The maximum Gasteiger partial charge on any atom is 0.282 e. The molecule has 2 heterocycles. The van der Waals surface area contributed by atoms with Crippen LogP contribution in [0.1, 0.15) is 22.6 Å². The Bertz CT molecular complexity index is 705. The zero-order valence-corrected chi connectivity index (χ0v) is 14.4. The normalized spacial score (nSPS) is 21.6. The summed E-state index contributed by atoms with van der Waals surface area (Å²) in [5.74, 6) is -1.18. The van der Waals surface area contributed by atoms with Crippen molar-refractivity contribution in [3.63, 3.8) is 0 Å². The van der Waals surface area contributed by atoms with Crippen molar-refractivity contribution in [2.75, 3.05) is 33.1 Å². The van der Waals surface area contributed by atoms with Crippen molar-refractivity contribution < 1.29 is 26.7 Å². The Morgan fingerprint density at radius 1 is 1.50 bits per heavy atom. The van der Waals surface area contributed by atoms with Crippen LogP contribution >= 0.6 is 0 Å². The number of nitrogens with one attached hydrogen (secondary N) is 1. The van der Waals surface area contributed by atoms with Crippen LogP contribution < -0.4 is 5.32 Å². The third-order valence-electron chi connectivity index (χ3n) is 3.85. The number of carbonyl (C=O) groups is 1. The average Bonchev–Trinajstić information content (AvgIpc) is 3.05. The second kappa shape index (κ2) is 7.11. The number of ether oxygens (including phenoxy) is 1. The fourth-order valence-electron chi connectivity index (χ4n) is 2.39. The Balaban J connectivity index is 2.08. The summed E-state index contributed by atoms with van der Waals surface area (Å²) in [5, 5.41) is 6.23. The van der Waals surface area contributed by atoms with E-state index in [-0.39, 0.29) is 24.7 Å². The zero-order chi connectivity index (χ0) is 18.1. The first kappa shape index (κ1) is 18.7. The van der Waals surface area contributed by atoms with Gasteiger partial charge in [0.1, 0.15) is 11.4 Å². The van der Waals surface area contributed by atoms with Gasteiger partial charge in [-0.15, -0.1) is 0 Å². The van der Waals surface area contributed by atoms with E-state index in [0.29, 0.717) is 0 Å². The first-order chi connectivity index (χ1) is 11.1. The van der Waals surface area contributed by atoms with Gasteiger partial charge in [-0.2, -0.15) is 5.10 Å². The minimum Gasteiger partial charge on any atom is -0.379 e. The molecular formula is C13H20F2N4O4S. The number of sulfonamides is 1. The lowest BCUT2D eigenvalue weighted by Crippen LogP contribution is -2.44. The molecule has 8 nitrogen and oxygen atoms in total. The summed E-state index contributed by atoms with van der Waals surface area (Å²) >= 11 is 0. The summed E-state index contributed by atoms with van der Waals surface area (Å²) in [7, 11) is 0.805. The number of nitrogens with zero attached hydrogens (tertiary/aromatic N) is 3. The predicted octanol–water partition coefficient (Wildman–Crippen LogP) is -0.00610. The van der Waals surface area contributed by atoms with E-state index in [2.05, 4.69) is 10.4 Å². The molecule has 1 aliphatic rings. The molecule has 0 spiro atoms. The maximum absolute atomic E-state index is 12.7. The van der Waals surface area contributed by atoms with Crippen molar-refractivity contribution in [1.82, 2.24) is 19.4 Å². The van der Waals surface area contributed by atoms with Crippen LogP contribution in [0.25, 0.3) is 0 Å². The number of halogens is 2. The number of hydrogen-bond donors (Lipinski definition) is 1. The lowest BCUT2D eigenvalue weighted by atomic mass is 10.1. The first-order valence-electron chi connectivity index (χ1n) is 7.22. The number of alkyl halides is 2. The molecular weight excluding hydrogens is 346 g/mol. The molecule has 0 radical (unpaired) electrons. The molecule has 0 bridgehead atoms. The van der Waals surface area contributed by atoms with Gasteiger partial charge in [-0.05, 0) is 6.07 Å². The Labute approximate surface area is 138 Å². The van der Waals surface area contributed by atoms with E-state index in [1.807, 2.05) is 0 Å². The van der Waals surface area contributed by atoms with Crippen LogP contribution in [0.15, 0.2) is 6.07 Å². The number of hydrogen-bond acceptors (Lipinski definition) is 5. The summed E-state index contributed by atoms with van der Waals surface area (Å²) in [4.78, 5) is 12.3. The van der Waals surface area contributed by atoms with Crippen molar-refractivity contribution in [2.24, 2.45) is 13.0 Å². The summed E-state index contributed by atoms with van der Waals surface area (Å²) in [5.41, 5.74) is -0.511. The quantitative estimate of drug-likeness (QED) is 0.765. The second-order valence-electron chi connectivity index (χ2n) is 5.82. The first-order valence-corrected chi connectivity index (χ1v) is 8.83. The molecule has 1 aromatic heterocycles. The smallest absolute Gasteiger partial charge is 0.282 e. The fraction of sp³-hybridized carbons (Fsp3) is 0.692. The van der Waals surface area contributed by atoms with Crippen LogP contribution in [0.3, 0.4) is 0 Å². The second-order valence-corrected chi connectivity index (χ2v) is 8.04. The van der Waals surface area contributed by atoms with Gasteiger partial charge in [0.15, 0.2) is 0 Å². The van der Waals surface area contributed by atoms with Crippen molar-refractivity contribution in [3.8, 4) is 0 Å². The summed E-state index contributed by atoms with van der Waals surface area (Å²) in [6, 6.07) is 0.499. The number of aryl methyl sites for hydroxylation is 1. The van der Waals surface area contributed by atoms with Crippen LogP contribution in [-0.2, 0) is 21.8 Å². The molecule has 0 aromatic carbocycles. The average molecular weight is 366 g/mol. The minimum atomic E-state index is -3.44. The van der Waals surface area contributed by atoms with Crippen molar-refractivity contribution in [1.29, 1.82) is 0 Å². The van der Waals surface area contributed by atoms with Gasteiger partial charge in [-0.1, -0.05) is 0 Å². The minimum absolute atomic E-state index is 0.0218. The highest BCUT2D eigenvalue weighted by atomic mass is 32.2. The van der Waals surface area contributed by atoms with E-state index in [1.165, 1.54) is 21.1 Å². The molecule has 1 fully saturated rings. The standard InChI is InChI=1S/C13H20F2N4O4S/c1-18(2)24(21,22)7-8-5-23-6-10(8)16-13(20)11-4-9(12(14)15)17-19(11)3/h4,8,10,12H,5-7H2,1-3H3,(H,16,20)/t8-,10-/m0/s1. The highest BCUT2D eigenvalue weighted by Crippen LogP contribution is 2.20. The molecule has 2 rings (SSSR count). The van der Waals surface area contributed by atoms with E-state index < -0.39 is 40.0 Å². The molecule has 24 heavy (non-hydrogen) atoms. The van der Waals surface area contributed by atoms with Gasteiger partial charge in [0, 0.05) is 27.1 Å².